The van der Waals surface area contributed by atoms with Gasteiger partial charge >= 0.3 is 5.97 Å². The molecule has 1 aliphatic heterocycles. The Balaban J connectivity index is 1.94. The van der Waals surface area contributed by atoms with E-state index in [9.17, 15) is 9.18 Å². The van der Waals surface area contributed by atoms with Crippen LogP contribution in [0.1, 0.15) is 10.4 Å². The number of nitrogens with zero attached hydrogens (tertiary/aromatic N) is 1. The number of hydrogen-bond donors (Lipinski definition) is 0. The molecule has 6 heteroatoms. The van der Waals surface area contributed by atoms with E-state index in [1.807, 2.05) is 0 Å². The van der Waals surface area contributed by atoms with E-state index in [0.717, 1.165) is 4.88 Å². The maximum Gasteiger partial charge on any atom is 0.363 e. The standard InChI is InChI=1S/C14H7ClFNO2S/c15-12-5-4-10(20-12)7-11-14(18)19-13(17-11)8-2-1-3-9(16)6-8/h1-7H. The third kappa shape index (κ3) is 2.64. The summed E-state index contributed by atoms with van der Waals surface area (Å²) in [6.45, 7) is 0. The zero-order valence-electron chi connectivity index (χ0n) is 9.97. The predicted octanol–water partition coefficient (Wildman–Crippen LogP) is 3.89. The zero-order chi connectivity index (χ0) is 14.1. The van der Waals surface area contributed by atoms with Crippen LogP contribution in [0.25, 0.3) is 6.08 Å². The predicted molar refractivity (Wildman–Crippen MR) is 76.3 cm³/mol. The Kier molecular flexibility index (Phi) is 3.38. The van der Waals surface area contributed by atoms with E-state index in [1.165, 1.54) is 29.5 Å². The molecule has 0 atom stereocenters. The van der Waals surface area contributed by atoms with Crippen LogP contribution in [-0.4, -0.2) is 11.9 Å². The van der Waals surface area contributed by atoms with Gasteiger partial charge in [0.2, 0.25) is 5.90 Å². The molecular formula is C14H7ClFNO2S. The Morgan fingerprint density at radius 3 is 2.85 bits per heavy atom. The van der Waals surface area contributed by atoms with Gasteiger partial charge in [0.25, 0.3) is 0 Å². The molecule has 0 aliphatic carbocycles. The monoisotopic (exact) mass is 307 g/mol. The van der Waals surface area contributed by atoms with Crippen LogP contribution in [-0.2, 0) is 9.53 Å². The van der Waals surface area contributed by atoms with E-state index in [1.54, 1.807) is 24.3 Å². The van der Waals surface area contributed by atoms with Crippen LogP contribution in [0.2, 0.25) is 4.34 Å². The first-order chi connectivity index (χ1) is 9.61. The van der Waals surface area contributed by atoms with Gasteiger partial charge in [0, 0.05) is 10.4 Å². The molecule has 0 bridgehead atoms. The summed E-state index contributed by atoms with van der Waals surface area (Å²) in [5.74, 6) is -0.874. The van der Waals surface area contributed by atoms with Gasteiger partial charge in [0.15, 0.2) is 5.70 Å². The van der Waals surface area contributed by atoms with Gasteiger partial charge < -0.3 is 4.74 Å². The molecule has 1 aromatic heterocycles. The van der Waals surface area contributed by atoms with Crippen LogP contribution in [0.4, 0.5) is 4.39 Å². The van der Waals surface area contributed by atoms with Crippen LogP contribution >= 0.6 is 22.9 Å². The van der Waals surface area contributed by atoms with Gasteiger partial charge in [0.1, 0.15) is 5.82 Å². The molecule has 0 saturated heterocycles. The molecule has 1 aromatic carbocycles. The third-order valence-corrected chi connectivity index (χ3v) is 3.74. The lowest BCUT2D eigenvalue weighted by Gasteiger charge is -1.98. The van der Waals surface area contributed by atoms with E-state index in [-0.39, 0.29) is 11.6 Å². The van der Waals surface area contributed by atoms with Crippen molar-refractivity contribution in [3.63, 3.8) is 0 Å². The minimum atomic E-state index is -0.561. The third-order valence-electron chi connectivity index (χ3n) is 2.57. The average molecular weight is 308 g/mol. The Morgan fingerprint density at radius 2 is 2.15 bits per heavy atom. The van der Waals surface area contributed by atoms with Crippen LogP contribution < -0.4 is 0 Å². The molecule has 0 fully saturated rings. The quantitative estimate of drug-likeness (QED) is 0.624. The summed E-state index contributed by atoms with van der Waals surface area (Å²) in [4.78, 5) is 16.6. The number of esters is 1. The first-order valence-electron chi connectivity index (χ1n) is 5.66. The van der Waals surface area contributed by atoms with Crippen molar-refractivity contribution in [2.24, 2.45) is 4.99 Å². The maximum atomic E-state index is 13.1. The van der Waals surface area contributed by atoms with E-state index >= 15 is 0 Å². The lowest BCUT2D eigenvalue weighted by Crippen LogP contribution is -2.05. The summed E-state index contributed by atoms with van der Waals surface area (Å²) in [5, 5.41) is 0. The van der Waals surface area contributed by atoms with Crippen LogP contribution in [0.15, 0.2) is 47.1 Å². The molecular weight excluding hydrogens is 301 g/mol. The van der Waals surface area contributed by atoms with Crippen molar-refractivity contribution in [1.82, 2.24) is 0 Å². The molecule has 100 valence electrons. The molecule has 0 spiro atoms. The average Bonchev–Trinajstić information content (AvgIpc) is 2.97. The van der Waals surface area contributed by atoms with E-state index in [2.05, 4.69) is 4.99 Å². The minimum absolute atomic E-state index is 0.100. The largest absolute Gasteiger partial charge is 0.402 e. The molecule has 0 amide bonds. The molecule has 3 nitrogen and oxygen atoms in total. The fraction of sp³-hybridized carbons (Fsp3) is 0. The van der Waals surface area contributed by atoms with Crippen LogP contribution in [0, 0.1) is 5.82 Å². The molecule has 2 heterocycles. The normalized spacial score (nSPS) is 16.4. The maximum absolute atomic E-state index is 13.1. The summed E-state index contributed by atoms with van der Waals surface area (Å²) in [5.41, 5.74) is 0.591. The Labute approximate surface area is 123 Å². The molecule has 0 saturated carbocycles. The molecule has 0 N–H and O–H groups in total. The summed E-state index contributed by atoms with van der Waals surface area (Å²) in [6.07, 6.45) is 1.59. The number of ether oxygens (including phenoxy) is 1. The fourth-order valence-corrected chi connectivity index (χ4v) is 2.69. The SMILES string of the molecule is O=C1OC(c2cccc(F)c2)=NC1=Cc1ccc(Cl)s1. The number of thiophene rings is 1. The van der Waals surface area contributed by atoms with Gasteiger partial charge in [-0.05, 0) is 36.4 Å². The van der Waals surface area contributed by atoms with Gasteiger partial charge in [-0.25, -0.2) is 14.2 Å². The van der Waals surface area contributed by atoms with Crippen molar-refractivity contribution >= 4 is 40.9 Å². The van der Waals surface area contributed by atoms with Gasteiger partial charge in [-0.3, -0.25) is 0 Å². The second-order valence-corrected chi connectivity index (χ2v) is 5.73. The Morgan fingerprint density at radius 1 is 1.30 bits per heavy atom. The number of benzene rings is 1. The fourth-order valence-electron chi connectivity index (χ4n) is 1.69. The summed E-state index contributed by atoms with van der Waals surface area (Å²) < 4.78 is 18.8. The van der Waals surface area contributed by atoms with Crippen molar-refractivity contribution < 1.29 is 13.9 Å². The zero-order valence-corrected chi connectivity index (χ0v) is 11.5. The number of halogens is 2. The topological polar surface area (TPSA) is 38.7 Å². The highest BCUT2D eigenvalue weighted by Gasteiger charge is 2.24. The summed E-state index contributed by atoms with van der Waals surface area (Å²) in [6, 6.07) is 9.24. The lowest BCUT2D eigenvalue weighted by molar-refractivity contribution is -0.129. The van der Waals surface area contributed by atoms with E-state index in [0.29, 0.717) is 9.90 Å². The number of carbonyl (C=O) groups excluding carboxylic acids is 1. The number of rotatable bonds is 2. The molecule has 20 heavy (non-hydrogen) atoms. The molecule has 2 aromatic rings. The molecule has 1 aliphatic rings. The lowest BCUT2D eigenvalue weighted by atomic mass is 10.2. The molecule has 0 unspecified atom stereocenters. The first kappa shape index (κ1) is 13.0. The first-order valence-corrected chi connectivity index (χ1v) is 6.85. The number of carbonyl (C=O) groups is 1. The van der Waals surface area contributed by atoms with Crippen molar-refractivity contribution in [3.8, 4) is 0 Å². The van der Waals surface area contributed by atoms with Gasteiger partial charge in [0.05, 0.1) is 4.34 Å². The Hall–Kier alpha value is -1.98. The number of aliphatic imine (C=N–C) groups is 1. The summed E-state index contributed by atoms with van der Waals surface area (Å²) in [7, 11) is 0. The van der Waals surface area contributed by atoms with Crippen molar-refractivity contribution in [1.29, 1.82) is 0 Å². The molecule has 0 radical (unpaired) electrons. The Bertz CT molecular complexity index is 751. The van der Waals surface area contributed by atoms with Crippen molar-refractivity contribution in [2.45, 2.75) is 0 Å². The number of hydrogen-bond acceptors (Lipinski definition) is 4. The summed E-state index contributed by atoms with van der Waals surface area (Å²) >= 11 is 7.15. The van der Waals surface area contributed by atoms with Crippen molar-refractivity contribution in [2.75, 3.05) is 0 Å². The van der Waals surface area contributed by atoms with E-state index in [4.69, 9.17) is 16.3 Å². The highest BCUT2D eigenvalue weighted by molar-refractivity contribution is 7.17. The van der Waals surface area contributed by atoms with Crippen molar-refractivity contribution in [3.05, 3.63) is 62.7 Å². The second-order valence-electron chi connectivity index (χ2n) is 3.99. The van der Waals surface area contributed by atoms with E-state index < -0.39 is 11.8 Å². The van der Waals surface area contributed by atoms with Gasteiger partial charge in [-0.2, -0.15) is 0 Å². The highest BCUT2D eigenvalue weighted by atomic mass is 35.5. The second kappa shape index (κ2) is 5.19. The van der Waals surface area contributed by atoms with Gasteiger partial charge in [-0.1, -0.05) is 17.7 Å². The van der Waals surface area contributed by atoms with Crippen LogP contribution in [0.3, 0.4) is 0 Å². The number of cyclic esters (lactones) is 1. The minimum Gasteiger partial charge on any atom is -0.402 e. The highest BCUT2D eigenvalue weighted by Crippen LogP contribution is 2.26. The smallest absolute Gasteiger partial charge is 0.363 e. The van der Waals surface area contributed by atoms with Crippen LogP contribution in [0.5, 0.6) is 0 Å². The van der Waals surface area contributed by atoms with Gasteiger partial charge in [-0.15, -0.1) is 11.3 Å². The molecule has 3 rings (SSSR count).